The van der Waals surface area contributed by atoms with E-state index in [-0.39, 0.29) is 12.6 Å². The lowest BCUT2D eigenvalue weighted by atomic mass is 10.1. The van der Waals surface area contributed by atoms with Crippen molar-refractivity contribution in [2.45, 2.75) is 33.3 Å². The van der Waals surface area contributed by atoms with Gasteiger partial charge in [0.1, 0.15) is 23.7 Å². The summed E-state index contributed by atoms with van der Waals surface area (Å²) in [5, 5.41) is 3.91. The molecule has 0 bridgehead atoms. The summed E-state index contributed by atoms with van der Waals surface area (Å²) in [5.74, 6) is 0.805. The first-order valence-electron chi connectivity index (χ1n) is 8.84. The molecule has 3 aromatic rings. The number of para-hydroxylation sites is 1. The summed E-state index contributed by atoms with van der Waals surface area (Å²) < 4.78 is 16.4. The third-order valence-corrected chi connectivity index (χ3v) is 4.25. The number of hydrogen-bond donors (Lipinski definition) is 0. The van der Waals surface area contributed by atoms with Crippen LogP contribution in [-0.2, 0) is 17.8 Å². The lowest BCUT2D eigenvalue weighted by Crippen LogP contribution is -2.10. The first-order valence-corrected chi connectivity index (χ1v) is 8.84. The van der Waals surface area contributed by atoms with E-state index in [1.54, 1.807) is 30.6 Å². The summed E-state index contributed by atoms with van der Waals surface area (Å²) in [6, 6.07) is 11.0. The zero-order valence-corrected chi connectivity index (χ0v) is 15.5. The Morgan fingerprint density at radius 1 is 1.11 bits per heavy atom. The first-order chi connectivity index (χ1) is 13.1. The highest BCUT2D eigenvalue weighted by molar-refractivity contribution is 5.92. The van der Waals surface area contributed by atoms with E-state index < -0.39 is 0 Å². The van der Waals surface area contributed by atoms with Crippen molar-refractivity contribution in [1.82, 2.24) is 10.1 Å². The van der Waals surface area contributed by atoms with Gasteiger partial charge in [0.25, 0.3) is 0 Å². The van der Waals surface area contributed by atoms with Crippen LogP contribution in [0.15, 0.2) is 53.3 Å². The fourth-order valence-electron chi connectivity index (χ4n) is 2.69. The number of pyridine rings is 1. The minimum atomic E-state index is -0.390. The molecule has 1 aromatic carbocycles. The Morgan fingerprint density at radius 3 is 2.63 bits per heavy atom. The van der Waals surface area contributed by atoms with E-state index in [0.29, 0.717) is 23.7 Å². The van der Waals surface area contributed by atoms with Gasteiger partial charge in [-0.15, -0.1) is 0 Å². The van der Waals surface area contributed by atoms with E-state index in [1.165, 1.54) is 5.56 Å². The van der Waals surface area contributed by atoms with Crippen molar-refractivity contribution in [1.29, 1.82) is 0 Å². The van der Waals surface area contributed by atoms with Crippen molar-refractivity contribution in [3.8, 4) is 5.75 Å². The summed E-state index contributed by atoms with van der Waals surface area (Å²) in [6.45, 7) is 4.33. The van der Waals surface area contributed by atoms with Crippen LogP contribution in [-0.4, -0.2) is 22.7 Å². The van der Waals surface area contributed by atoms with Gasteiger partial charge < -0.3 is 14.0 Å². The van der Waals surface area contributed by atoms with E-state index in [9.17, 15) is 4.79 Å². The molecule has 0 amide bonds. The minimum Gasteiger partial charge on any atom is -0.488 e. The van der Waals surface area contributed by atoms with E-state index in [4.69, 9.17) is 14.0 Å². The average molecular weight is 366 g/mol. The van der Waals surface area contributed by atoms with Gasteiger partial charge in [-0.2, -0.15) is 0 Å². The molecule has 140 valence electrons. The number of nitrogens with zero attached hydrogens (tertiary/aromatic N) is 2. The maximum absolute atomic E-state index is 12.4. The smallest absolute Gasteiger partial charge is 0.341 e. The fraction of sp³-hybridized carbons (Fsp3) is 0.286. The molecule has 0 atom stereocenters. The molecular formula is C21H22N2O4. The number of benzene rings is 1. The molecule has 6 heteroatoms. The van der Waals surface area contributed by atoms with Crippen LogP contribution in [0.4, 0.5) is 0 Å². The molecular weight excluding hydrogens is 344 g/mol. The van der Waals surface area contributed by atoms with Gasteiger partial charge in [0, 0.05) is 12.4 Å². The molecule has 0 aliphatic heterocycles. The highest BCUT2D eigenvalue weighted by atomic mass is 16.5. The summed E-state index contributed by atoms with van der Waals surface area (Å²) in [6.07, 6.45) is 5.10. The Bertz CT molecular complexity index is 871. The summed E-state index contributed by atoms with van der Waals surface area (Å²) in [4.78, 5) is 16.4. The van der Waals surface area contributed by atoms with E-state index >= 15 is 0 Å². The molecule has 6 nitrogen and oxygen atoms in total. The highest BCUT2D eigenvalue weighted by Crippen LogP contribution is 2.22. The van der Waals surface area contributed by atoms with Crippen molar-refractivity contribution < 1.29 is 18.8 Å². The van der Waals surface area contributed by atoms with Gasteiger partial charge in [-0.05, 0) is 56.5 Å². The fourth-order valence-corrected chi connectivity index (χ4v) is 2.69. The van der Waals surface area contributed by atoms with Crippen LogP contribution in [0.5, 0.6) is 5.75 Å². The van der Waals surface area contributed by atoms with Crippen LogP contribution in [0, 0.1) is 13.8 Å². The van der Waals surface area contributed by atoms with Crippen molar-refractivity contribution in [3.63, 3.8) is 0 Å². The van der Waals surface area contributed by atoms with Gasteiger partial charge in [-0.25, -0.2) is 4.79 Å². The number of aromatic nitrogens is 2. The van der Waals surface area contributed by atoms with Crippen molar-refractivity contribution in [3.05, 3.63) is 76.9 Å². The second-order valence-electron chi connectivity index (χ2n) is 6.18. The zero-order chi connectivity index (χ0) is 19.1. The summed E-state index contributed by atoms with van der Waals surface area (Å²) in [5.41, 5.74) is 3.25. The van der Waals surface area contributed by atoms with Crippen molar-refractivity contribution >= 4 is 5.97 Å². The molecule has 3 rings (SSSR count). The molecule has 0 saturated carbocycles. The second-order valence-corrected chi connectivity index (χ2v) is 6.18. The SMILES string of the molecule is Cc1noc(C)c1COc1ccccc1C(=O)OCCCc1ccncc1. The molecule has 2 aromatic heterocycles. The maximum Gasteiger partial charge on any atom is 0.341 e. The van der Waals surface area contributed by atoms with Crippen LogP contribution in [0.3, 0.4) is 0 Å². The monoisotopic (exact) mass is 366 g/mol. The van der Waals surface area contributed by atoms with Crippen molar-refractivity contribution in [2.75, 3.05) is 6.61 Å². The number of hydrogen-bond acceptors (Lipinski definition) is 6. The average Bonchev–Trinajstić information content (AvgIpc) is 3.02. The molecule has 0 N–H and O–H groups in total. The Morgan fingerprint density at radius 2 is 1.89 bits per heavy atom. The molecule has 0 spiro atoms. The van der Waals surface area contributed by atoms with Crippen molar-refractivity contribution in [2.24, 2.45) is 0 Å². The molecule has 0 radical (unpaired) electrons. The summed E-state index contributed by atoms with van der Waals surface area (Å²) in [7, 11) is 0. The van der Waals surface area contributed by atoms with Crippen LogP contribution in [0.1, 0.15) is 39.4 Å². The highest BCUT2D eigenvalue weighted by Gasteiger charge is 2.15. The van der Waals surface area contributed by atoms with E-state index in [1.807, 2.05) is 32.0 Å². The Hall–Kier alpha value is -3.15. The first kappa shape index (κ1) is 18.6. The predicted molar refractivity (Wildman–Crippen MR) is 99.6 cm³/mol. The lowest BCUT2D eigenvalue weighted by Gasteiger charge is -2.11. The zero-order valence-electron chi connectivity index (χ0n) is 15.5. The number of rotatable bonds is 8. The van der Waals surface area contributed by atoms with Gasteiger partial charge in [0.05, 0.1) is 17.9 Å². The molecule has 0 aliphatic rings. The van der Waals surface area contributed by atoms with Crippen LogP contribution >= 0.6 is 0 Å². The topological polar surface area (TPSA) is 74.5 Å². The largest absolute Gasteiger partial charge is 0.488 e. The minimum absolute atomic E-state index is 0.285. The van der Waals surface area contributed by atoms with E-state index in [0.717, 1.165) is 24.1 Å². The van der Waals surface area contributed by atoms with Gasteiger partial charge in [-0.3, -0.25) is 4.98 Å². The predicted octanol–water partition coefficient (Wildman–Crippen LogP) is 4.06. The maximum atomic E-state index is 12.4. The number of carbonyl (C=O) groups excluding carboxylic acids is 1. The molecule has 2 heterocycles. The number of ether oxygens (including phenoxy) is 2. The second kappa shape index (κ2) is 8.98. The normalized spacial score (nSPS) is 10.6. The number of aryl methyl sites for hydroxylation is 3. The number of carbonyl (C=O) groups is 1. The summed E-state index contributed by atoms with van der Waals surface area (Å²) >= 11 is 0. The Balaban J connectivity index is 1.55. The molecule has 0 saturated heterocycles. The van der Waals surface area contributed by atoms with Gasteiger partial charge >= 0.3 is 5.97 Å². The third-order valence-electron chi connectivity index (χ3n) is 4.25. The van der Waals surface area contributed by atoms with Crippen LogP contribution < -0.4 is 4.74 Å². The Kier molecular flexibility index (Phi) is 6.20. The Labute approximate surface area is 158 Å². The molecule has 27 heavy (non-hydrogen) atoms. The van der Waals surface area contributed by atoms with E-state index in [2.05, 4.69) is 10.1 Å². The number of esters is 1. The quantitative estimate of drug-likeness (QED) is 0.442. The van der Waals surface area contributed by atoms with Gasteiger partial charge in [0.15, 0.2) is 0 Å². The lowest BCUT2D eigenvalue weighted by molar-refractivity contribution is 0.0495. The standard InChI is InChI=1S/C21H22N2O4/c1-15-19(16(2)27-23-15)14-26-20-8-4-3-7-18(20)21(24)25-13-5-6-17-9-11-22-12-10-17/h3-4,7-12H,5-6,13-14H2,1-2H3. The molecule has 0 unspecified atom stereocenters. The van der Waals surface area contributed by atoms with Crippen LogP contribution in [0.2, 0.25) is 0 Å². The molecule has 0 aliphatic carbocycles. The molecule has 0 fully saturated rings. The van der Waals surface area contributed by atoms with Crippen LogP contribution in [0.25, 0.3) is 0 Å². The van der Waals surface area contributed by atoms with Gasteiger partial charge in [-0.1, -0.05) is 17.3 Å². The van der Waals surface area contributed by atoms with Gasteiger partial charge in [0.2, 0.25) is 0 Å². The third kappa shape index (κ3) is 4.94.